The molecule has 0 atom stereocenters. The molecule has 0 saturated carbocycles. The molecule has 14 nitrogen and oxygen atoms in total. The molecule has 0 aliphatic carbocycles. The fraction of sp³-hybridized carbons (Fsp3) is 0.429. The average Bonchev–Trinajstić information content (AvgIpc) is 3.00. The molecular formula is C28H36O14. The van der Waals surface area contributed by atoms with Crippen molar-refractivity contribution in [3.8, 4) is 0 Å². The number of carboxylic acids is 2. The van der Waals surface area contributed by atoms with Gasteiger partial charge in [0.1, 0.15) is 13.2 Å². The number of carbonyl (C=O) groups is 4. The van der Waals surface area contributed by atoms with Crippen LogP contribution < -0.4 is 0 Å². The number of aliphatic hydroxyl groups is 2. The highest BCUT2D eigenvalue weighted by Gasteiger charge is 2.11. The van der Waals surface area contributed by atoms with Gasteiger partial charge in [0.25, 0.3) is 0 Å². The minimum absolute atomic E-state index is 0.00712. The van der Waals surface area contributed by atoms with Crippen LogP contribution in [0.4, 0.5) is 0 Å². The number of benzene rings is 2. The predicted molar refractivity (Wildman–Crippen MR) is 145 cm³/mol. The summed E-state index contributed by atoms with van der Waals surface area (Å²) in [6.45, 7) is 2.41. The summed E-state index contributed by atoms with van der Waals surface area (Å²) in [5.41, 5.74) is 0.259. The van der Waals surface area contributed by atoms with E-state index in [1.807, 2.05) is 0 Å². The van der Waals surface area contributed by atoms with Crippen LogP contribution in [-0.4, -0.2) is 124 Å². The second kappa shape index (κ2) is 22.7. The minimum atomic E-state index is -1.13. The van der Waals surface area contributed by atoms with E-state index in [1.165, 1.54) is 48.5 Å². The Morgan fingerprint density at radius 2 is 0.786 bits per heavy atom. The highest BCUT2D eigenvalue weighted by molar-refractivity contribution is 5.95. The van der Waals surface area contributed by atoms with Gasteiger partial charge in [-0.15, -0.1) is 0 Å². The first-order valence-corrected chi connectivity index (χ1v) is 12.8. The van der Waals surface area contributed by atoms with E-state index in [2.05, 4.69) is 0 Å². The number of aliphatic hydroxyl groups excluding tert-OH is 2. The lowest BCUT2D eigenvalue weighted by Crippen LogP contribution is -2.15. The SMILES string of the molecule is O=C(O)c1cccc(C(=O)OCCOCCOCCOC(=O)c2cccc(C(=O)O)c2)c1.OCCOCCOCCO. The Morgan fingerprint density at radius 1 is 0.476 bits per heavy atom. The highest BCUT2D eigenvalue weighted by atomic mass is 16.6. The lowest BCUT2D eigenvalue weighted by molar-refractivity contribution is 0.00229. The molecule has 0 amide bonds. The maximum atomic E-state index is 11.9. The van der Waals surface area contributed by atoms with Gasteiger partial charge in [-0.25, -0.2) is 19.2 Å². The van der Waals surface area contributed by atoms with Gasteiger partial charge in [0.05, 0.1) is 88.3 Å². The van der Waals surface area contributed by atoms with Crippen LogP contribution >= 0.6 is 0 Å². The van der Waals surface area contributed by atoms with Crippen LogP contribution in [0, 0.1) is 0 Å². The second-order valence-electron chi connectivity index (χ2n) is 7.94. The second-order valence-corrected chi connectivity index (χ2v) is 7.94. The molecule has 4 N–H and O–H groups in total. The third-order valence-electron chi connectivity index (χ3n) is 4.83. The summed E-state index contributed by atoms with van der Waals surface area (Å²) in [6.07, 6.45) is 0. The van der Waals surface area contributed by atoms with E-state index < -0.39 is 23.9 Å². The van der Waals surface area contributed by atoms with E-state index in [1.54, 1.807) is 0 Å². The van der Waals surface area contributed by atoms with Crippen LogP contribution in [0.3, 0.4) is 0 Å². The van der Waals surface area contributed by atoms with Crippen LogP contribution in [0.25, 0.3) is 0 Å². The maximum Gasteiger partial charge on any atom is 0.338 e. The molecule has 0 fully saturated rings. The lowest BCUT2D eigenvalue weighted by atomic mass is 10.1. The Kier molecular flexibility index (Phi) is 19.5. The van der Waals surface area contributed by atoms with Gasteiger partial charge in [-0.3, -0.25) is 0 Å². The van der Waals surface area contributed by atoms with Crippen molar-refractivity contribution in [2.45, 2.75) is 0 Å². The average molecular weight is 597 g/mol. The van der Waals surface area contributed by atoms with Gasteiger partial charge in [0.2, 0.25) is 0 Å². The number of aromatic carboxylic acids is 2. The molecule has 2 aromatic carbocycles. The smallest absolute Gasteiger partial charge is 0.338 e. The largest absolute Gasteiger partial charge is 0.478 e. The topological polar surface area (TPSA) is 205 Å². The summed E-state index contributed by atoms with van der Waals surface area (Å²) in [5.74, 6) is -3.57. The number of rotatable bonds is 20. The number of carboxylic acid groups (broad SMARTS) is 2. The van der Waals surface area contributed by atoms with Crippen molar-refractivity contribution in [1.29, 1.82) is 0 Å². The van der Waals surface area contributed by atoms with Crippen LogP contribution in [0.15, 0.2) is 48.5 Å². The summed E-state index contributed by atoms with van der Waals surface area (Å²) in [6, 6.07) is 11.0. The third-order valence-corrected chi connectivity index (χ3v) is 4.83. The summed E-state index contributed by atoms with van der Waals surface area (Å²) in [4.78, 5) is 45.6. The van der Waals surface area contributed by atoms with Crippen LogP contribution in [0.2, 0.25) is 0 Å². The van der Waals surface area contributed by atoms with Crippen molar-refractivity contribution in [2.24, 2.45) is 0 Å². The van der Waals surface area contributed by atoms with Gasteiger partial charge < -0.3 is 48.8 Å². The first-order chi connectivity index (χ1) is 20.3. The summed E-state index contributed by atoms with van der Waals surface area (Å²) in [5, 5.41) is 34.4. The maximum absolute atomic E-state index is 11.9. The fourth-order valence-electron chi connectivity index (χ4n) is 2.88. The molecule has 2 rings (SSSR count). The van der Waals surface area contributed by atoms with Crippen molar-refractivity contribution in [1.82, 2.24) is 0 Å². The van der Waals surface area contributed by atoms with Gasteiger partial charge in [-0.1, -0.05) is 12.1 Å². The zero-order chi connectivity index (χ0) is 31.0. The molecule has 0 aliphatic heterocycles. The summed E-state index contributed by atoms with van der Waals surface area (Å²) >= 11 is 0. The third kappa shape index (κ3) is 16.4. The van der Waals surface area contributed by atoms with Gasteiger partial charge in [-0.05, 0) is 36.4 Å². The van der Waals surface area contributed by atoms with E-state index in [0.717, 1.165) is 0 Å². The monoisotopic (exact) mass is 596 g/mol. The van der Waals surface area contributed by atoms with Gasteiger partial charge in [0.15, 0.2) is 0 Å². The van der Waals surface area contributed by atoms with Crippen LogP contribution in [0.5, 0.6) is 0 Å². The highest BCUT2D eigenvalue weighted by Crippen LogP contribution is 2.08. The number of ether oxygens (including phenoxy) is 6. The Labute approximate surface area is 242 Å². The lowest BCUT2D eigenvalue weighted by Gasteiger charge is -2.08. The molecular weight excluding hydrogens is 560 g/mol. The van der Waals surface area contributed by atoms with Crippen molar-refractivity contribution in [3.63, 3.8) is 0 Å². The Balaban J connectivity index is 0.000000752. The Bertz CT molecular complexity index is 1000. The van der Waals surface area contributed by atoms with Gasteiger partial charge >= 0.3 is 23.9 Å². The normalized spacial score (nSPS) is 10.3. The Hall–Kier alpha value is -3.92. The molecule has 0 spiro atoms. The molecule has 232 valence electrons. The Morgan fingerprint density at radius 3 is 1.12 bits per heavy atom. The molecule has 0 saturated heterocycles. The zero-order valence-corrected chi connectivity index (χ0v) is 23.0. The summed E-state index contributed by atoms with van der Waals surface area (Å²) in [7, 11) is 0. The van der Waals surface area contributed by atoms with Crippen molar-refractivity contribution in [2.75, 3.05) is 79.3 Å². The van der Waals surface area contributed by atoms with E-state index in [4.69, 9.17) is 48.8 Å². The van der Waals surface area contributed by atoms with E-state index >= 15 is 0 Å². The standard InChI is InChI=1S/C22H22O10.C6H14O4/c23-19(24)15-3-1-5-17(13-15)21(27)31-11-9-29-7-8-30-10-12-32-22(28)18-6-2-4-16(14-18)20(25)26;7-1-3-9-5-6-10-4-2-8/h1-6,13-14H,7-12H2,(H,23,24)(H,25,26);7-8H,1-6H2. The molecule has 0 unspecified atom stereocenters. The first-order valence-electron chi connectivity index (χ1n) is 12.8. The van der Waals surface area contributed by atoms with Crippen molar-refractivity contribution < 1.29 is 68.0 Å². The van der Waals surface area contributed by atoms with Crippen molar-refractivity contribution in [3.05, 3.63) is 70.8 Å². The van der Waals surface area contributed by atoms with E-state index in [-0.39, 0.29) is 75.1 Å². The van der Waals surface area contributed by atoms with Gasteiger partial charge in [-0.2, -0.15) is 0 Å². The fourth-order valence-corrected chi connectivity index (χ4v) is 2.88. The summed E-state index contributed by atoms with van der Waals surface area (Å²) < 4.78 is 30.3. The molecule has 0 radical (unpaired) electrons. The molecule has 2 aromatic rings. The quantitative estimate of drug-likeness (QED) is 0.125. The van der Waals surface area contributed by atoms with E-state index in [9.17, 15) is 19.2 Å². The van der Waals surface area contributed by atoms with Gasteiger partial charge in [0, 0.05) is 0 Å². The predicted octanol–water partition coefficient (Wildman–Crippen LogP) is 1.13. The zero-order valence-electron chi connectivity index (χ0n) is 23.0. The number of hydrogen-bond acceptors (Lipinski definition) is 12. The molecule has 14 heteroatoms. The molecule has 0 aromatic heterocycles. The number of esters is 2. The van der Waals surface area contributed by atoms with E-state index in [0.29, 0.717) is 26.4 Å². The van der Waals surface area contributed by atoms with Crippen LogP contribution in [0.1, 0.15) is 41.4 Å². The number of carbonyl (C=O) groups excluding carboxylic acids is 2. The van der Waals surface area contributed by atoms with Crippen molar-refractivity contribution >= 4 is 23.9 Å². The minimum Gasteiger partial charge on any atom is -0.478 e. The number of hydrogen-bond donors (Lipinski definition) is 4. The molecule has 42 heavy (non-hydrogen) atoms. The molecule has 0 bridgehead atoms. The molecule has 0 aliphatic rings. The molecule has 0 heterocycles. The first kappa shape index (κ1) is 36.1. The van der Waals surface area contributed by atoms with Crippen LogP contribution in [-0.2, 0) is 28.4 Å².